The summed E-state index contributed by atoms with van der Waals surface area (Å²) in [6, 6.07) is 10.9. The van der Waals surface area contributed by atoms with E-state index in [1.54, 1.807) is 4.46 Å². The average molecular weight is 241 g/mol. The molecule has 0 spiro atoms. The van der Waals surface area contributed by atoms with Crippen LogP contribution < -0.4 is 4.46 Å². The standard InChI is InChI=1S/C12H18Se/c1-2-3-4-8-11-13-12-9-6-5-7-10-12/h5-7,9-10H,2-4,8,11H2,1H3. The summed E-state index contributed by atoms with van der Waals surface area (Å²) in [6.07, 6.45) is 5.59. The first kappa shape index (κ1) is 10.8. The summed E-state index contributed by atoms with van der Waals surface area (Å²) in [6.45, 7) is 2.27. The maximum atomic E-state index is 2.27. The Morgan fingerprint density at radius 1 is 1.00 bits per heavy atom. The summed E-state index contributed by atoms with van der Waals surface area (Å²) in [4.78, 5) is 0. The van der Waals surface area contributed by atoms with E-state index in [9.17, 15) is 0 Å². The van der Waals surface area contributed by atoms with Crippen LogP contribution in [0.5, 0.6) is 0 Å². The molecule has 1 aromatic carbocycles. The third-order valence-electron chi connectivity index (χ3n) is 2.01. The Kier molecular flexibility index (Phi) is 5.97. The van der Waals surface area contributed by atoms with Crippen LogP contribution in [0.2, 0.25) is 5.32 Å². The first-order valence-corrected chi connectivity index (χ1v) is 7.18. The molecule has 0 N–H and O–H groups in total. The third-order valence-corrected chi connectivity index (χ3v) is 4.31. The van der Waals surface area contributed by atoms with Crippen molar-refractivity contribution in [2.24, 2.45) is 0 Å². The zero-order chi connectivity index (χ0) is 9.36. The van der Waals surface area contributed by atoms with E-state index < -0.39 is 0 Å². The van der Waals surface area contributed by atoms with Gasteiger partial charge in [-0.25, -0.2) is 0 Å². The van der Waals surface area contributed by atoms with Crippen LogP contribution in [0.25, 0.3) is 0 Å². The van der Waals surface area contributed by atoms with Crippen molar-refractivity contribution in [2.45, 2.75) is 37.9 Å². The van der Waals surface area contributed by atoms with Gasteiger partial charge in [0.25, 0.3) is 0 Å². The van der Waals surface area contributed by atoms with E-state index in [0.29, 0.717) is 0 Å². The van der Waals surface area contributed by atoms with Crippen LogP contribution in [0.15, 0.2) is 30.3 Å². The molecule has 0 amide bonds. The van der Waals surface area contributed by atoms with Gasteiger partial charge in [-0.15, -0.1) is 0 Å². The zero-order valence-electron chi connectivity index (χ0n) is 8.33. The van der Waals surface area contributed by atoms with Crippen molar-refractivity contribution >= 4 is 19.4 Å². The van der Waals surface area contributed by atoms with Crippen LogP contribution >= 0.6 is 0 Å². The number of hydrogen-bond acceptors (Lipinski definition) is 0. The van der Waals surface area contributed by atoms with Gasteiger partial charge in [0.1, 0.15) is 0 Å². The van der Waals surface area contributed by atoms with Gasteiger partial charge in [0.15, 0.2) is 0 Å². The Labute approximate surface area is 87.9 Å². The molecule has 0 nitrogen and oxygen atoms in total. The van der Waals surface area contributed by atoms with Gasteiger partial charge in [-0.1, -0.05) is 0 Å². The molecule has 0 saturated heterocycles. The molecule has 13 heavy (non-hydrogen) atoms. The Morgan fingerprint density at radius 2 is 1.77 bits per heavy atom. The van der Waals surface area contributed by atoms with Crippen molar-refractivity contribution in [3.8, 4) is 0 Å². The van der Waals surface area contributed by atoms with Crippen LogP contribution in [0.4, 0.5) is 0 Å². The maximum absolute atomic E-state index is 2.27. The van der Waals surface area contributed by atoms with Gasteiger partial charge in [0.05, 0.1) is 0 Å². The van der Waals surface area contributed by atoms with E-state index in [1.807, 2.05) is 0 Å². The van der Waals surface area contributed by atoms with Gasteiger partial charge in [0, 0.05) is 0 Å². The second-order valence-corrected chi connectivity index (χ2v) is 5.67. The molecule has 0 aliphatic rings. The summed E-state index contributed by atoms with van der Waals surface area (Å²) >= 11 is 0.717. The molecule has 1 heteroatoms. The molecule has 0 unspecified atom stereocenters. The second-order valence-electron chi connectivity index (χ2n) is 3.22. The Morgan fingerprint density at radius 3 is 2.46 bits per heavy atom. The quantitative estimate of drug-likeness (QED) is 0.530. The van der Waals surface area contributed by atoms with Gasteiger partial charge in [0.2, 0.25) is 0 Å². The molecule has 1 aromatic rings. The summed E-state index contributed by atoms with van der Waals surface area (Å²) in [7, 11) is 0. The van der Waals surface area contributed by atoms with E-state index in [0.717, 1.165) is 15.0 Å². The van der Waals surface area contributed by atoms with Crippen molar-refractivity contribution in [1.82, 2.24) is 0 Å². The first-order valence-electron chi connectivity index (χ1n) is 5.11. The summed E-state index contributed by atoms with van der Waals surface area (Å²) in [5, 5.41) is 1.41. The van der Waals surface area contributed by atoms with Crippen molar-refractivity contribution in [3.05, 3.63) is 30.3 Å². The molecule has 0 atom stereocenters. The van der Waals surface area contributed by atoms with Crippen molar-refractivity contribution < 1.29 is 0 Å². The topological polar surface area (TPSA) is 0 Å². The molecular weight excluding hydrogens is 223 g/mol. The summed E-state index contributed by atoms with van der Waals surface area (Å²) < 4.78 is 1.55. The van der Waals surface area contributed by atoms with E-state index in [4.69, 9.17) is 0 Å². The number of unbranched alkanes of at least 4 members (excludes halogenated alkanes) is 3. The fourth-order valence-corrected chi connectivity index (χ4v) is 3.19. The Hall–Kier alpha value is -0.261. The van der Waals surface area contributed by atoms with Crippen molar-refractivity contribution in [1.29, 1.82) is 0 Å². The fourth-order valence-electron chi connectivity index (χ4n) is 1.24. The van der Waals surface area contributed by atoms with Crippen molar-refractivity contribution in [2.75, 3.05) is 0 Å². The van der Waals surface area contributed by atoms with Crippen LogP contribution in [0.3, 0.4) is 0 Å². The molecule has 72 valence electrons. The zero-order valence-corrected chi connectivity index (χ0v) is 10.0. The van der Waals surface area contributed by atoms with Gasteiger partial charge in [-0.2, -0.15) is 0 Å². The summed E-state index contributed by atoms with van der Waals surface area (Å²) in [5.74, 6) is 0. The van der Waals surface area contributed by atoms with Gasteiger partial charge in [-0.3, -0.25) is 0 Å². The molecule has 0 fully saturated rings. The van der Waals surface area contributed by atoms with E-state index in [-0.39, 0.29) is 0 Å². The van der Waals surface area contributed by atoms with E-state index in [2.05, 4.69) is 37.3 Å². The molecule has 1 rings (SSSR count). The molecular formula is C12H18Se. The predicted octanol–water partition coefficient (Wildman–Crippen LogP) is 3.01. The third kappa shape index (κ3) is 5.13. The molecule has 0 saturated carbocycles. The van der Waals surface area contributed by atoms with Gasteiger partial charge >= 0.3 is 87.7 Å². The molecule has 0 aliphatic heterocycles. The van der Waals surface area contributed by atoms with Crippen LogP contribution in [-0.2, 0) is 0 Å². The predicted molar refractivity (Wildman–Crippen MR) is 60.8 cm³/mol. The molecule has 0 heterocycles. The van der Waals surface area contributed by atoms with Crippen LogP contribution in [0.1, 0.15) is 32.6 Å². The monoisotopic (exact) mass is 242 g/mol. The minimum atomic E-state index is 0.717. The van der Waals surface area contributed by atoms with E-state index >= 15 is 0 Å². The molecule has 0 bridgehead atoms. The Balaban J connectivity index is 2.07. The Bertz CT molecular complexity index is 206. The number of benzene rings is 1. The van der Waals surface area contributed by atoms with Crippen LogP contribution in [0, 0.1) is 0 Å². The molecule has 0 aromatic heterocycles. The van der Waals surface area contributed by atoms with E-state index in [1.165, 1.54) is 31.0 Å². The molecule has 0 aliphatic carbocycles. The fraction of sp³-hybridized carbons (Fsp3) is 0.500. The van der Waals surface area contributed by atoms with Crippen molar-refractivity contribution in [3.63, 3.8) is 0 Å². The normalized spacial score (nSPS) is 10.2. The second kappa shape index (κ2) is 7.17. The minimum absolute atomic E-state index is 0.717. The average Bonchev–Trinajstić information content (AvgIpc) is 2.19. The van der Waals surface area contributed by atoms with Gasteiger partial charge in [-0.05, 0) is 0 Å². The van der Waals surface area contributed by atoms with Gasteiger partial charge < -0.3 is 0 Å². The number of hydrogen-bond donors (Lipinski definition) is 0. The SMILES string of the molecule is CCCCCC[Se]c1ccccc1. The van der Waals surface area contributed by atoms with Crippen LogP contribution in [-0.4, -0.2) is 15.0 Å². The number of rotatable bonds is 6. The molecule has 0 radical (unpaired) electrons. The summed E-state index contributed by atoms with van der Waals surface area (Å²) in [5.41, 5.74) is 0. The first-order chi connectivity index (χ1) is 6.43.